The van der Waals surface area contributed by atoms with Crippen molar-refractivity contribution in [3.63, 3.8) is 0 Å². The van der Waals surface area contributed by atoms with E-state index in [-0.39, 0.29) is 0 Å². The van der Waals surface area contributed by atoms with Gasteiger partial charge in [0.25, 0.3) is 0 Å². The van der Waals surface area contributed by atoms with Crippen molar-refractivity contribution in [2.24, 2.45) is 5.10 Å². The van der Waals surface area contributed by atoms with Crippen molar-refractivity contribution in [3.8, 4) is 0 Å². The molecule has 1 aromatic carbocycles. The maximum Gasteiger partial charge on any atom is 0.136 e. The van der Waals surface area contributed by atoms with E-state index in [4.69, 9.17) is 23.2 Å². The molecule has 0 aliphatic carbocycles. The van der Waals surface area contributed by atoms with Crippen LogP contribution in [0.4, 0.5) is 0 Å². The monoisotopic (exact) mass is 350 g/mol. The van der Waals surface area contributed by atoms with E-state index >= 15 is 0 Å². The van der Waals surface area contributed by atoms with E-state index in [9.17, 15) is 0 Å². The highest BCUT2D eigenvalue weighted by atomic mass is 35.5. The lowest BCUT2D eigenvalue weighted by Gasteiger charge is -2.23. The van der Waals surface area contributed by atoms with E-state index in [2.05, 4.69) is 15.2 Å². The second-order valence-corrected chi connectivity index (χ2v) is 6.63. The third-order valence-electron chi connectivity index (χ3n) is 4.04. The molecule has 122 valence electrons. The van der Waals surface area contributed by atoms with Crippen LogP contribution >= 0.6 is 23.2 Å². The first-order valence-corrected chi connectivity index (χ1v) is 8.65. The lowest BCUT2D eigenvalue weighted by Crippen LogP contribution is -2.24. The summed E-state index contributed by atoms with van der Waals surface area (Å²) in [5.41, 5.74) is 2.90. The van der Waals surface area contributed by atoms with Crippen LogP contribution in [0.1, 0.15) is 36.1 Å². The summed E-state index contributed by atoms with van der Waals surface area (Å²) in [7, 11) is 0. The molecule has 1 aliphatic heterocycles. The molecule has 2 aromatic rings. The molecule has 0 saturated carbocycles. The summed E-state index contributed by atoms with van der Waals surface area (Å²) in [6, 6.07) is 7.72. The van der Waals surface area contributed by atoms with Gasteiger partial charge in [-0.3, -0.25) is 5.01 Å². The average Bonchev–Trinajstić information content (AvgIpc) is 2.82. The predicted octanol–water partition coefficient (Wildman–Crippen LogP) is 4.37. The van der Waals surface area contributed by atoms with Gasteiger partial charge in [0.2, 0.25) is 0 Å². The van der Waals surface area contributed by atoms with Crippen LogP contribution < -0.4 is 0 Å². The molecule has 3 rings (SSSR count). The molecule has 23 heavy (non-hydrogen) atoms. The molecule has 1 aromatic heterocycles. The third-order valence-corrected chi connectivity index (χ3v) is 4.69. The highest BCUT2D eigenvalue weighted by molar-refractivity contribution is 6.32. The first-order valence-electron chi connectivity index (χ1n) is 7.90. The zero-order valence-electron chi connectivity index (χ0n) is 13.2. The van der Waals surface area contributed by atoms with Gasteiger partial charge in [-0.2, -0.15) is 10.2 Å². The molecule has 4 nitrogen and oxygen atoms in total. The molecule has 0 atom stereocenters. The van der Waals surface area contributed by atoms with Crippen LogP contribution in [0, 0.1) is 6.92 Å². The Balaban J connectivity index is 1.75. The molecule has 0 spiro atoms. The lowest BCUT2D eigenvalue weighted by molar-refractivity contribution is 0.240. The van der Waals surface area contributed by atoms with Crippen LogP contribution in [-0.4, -0.2) is 34.1 Å². The van der Waals surface area contributed by atoms with Gasteiger partial charge in [0.05, 0.1) is 24.0 Å². The van der Waals surface area contributed by atoms with E-state index in [0.29, 0.717) is 11.7 Å². The number of aromatic nitrogens is 2. The van der Waals surface area contributed by atoms with E-state index in [1.807, 2.05) is 37.4 Å². The number of halogens is 2. The lowest BCUT2D eigenvalue weighted by atomic mass is 10.2. The minimum atomic E-state index is 0.619. The summed E-state index contributed by atoms with van der Waals surface area (Å²) in [6.45, 7) is 4.62. The number of piperidine rings is 1. The fraction of sp³-hybridized carbons (Fsp3) is 0.412. The van der Waals surface area contributed by atoms with Gasteiger partial charge in [-0.1, -0.05) is 35.3 Å². The summed E-state index contributed by atoms with van der Waals surface area (Å²) in [5.74, 6) is 0. The molecule has 1 aliphatic rings. The summed E-state index contributed by atoms with van der Waals surface area (Å²) >= 11 is 12.4. The summed E-state index contributed by atoms with van der Waals surface area (Å²) in [6.07, 6.45) is 5.55. The first-order chi connectivity index (χ1) is 11.1. The maximum absolute atomic E-state index is 6.49. The molecule has 0 N–H and O–H groups in total. The van der Waals surface area contributed by atoms with E-state index < -0.39 is 0 Å². The Labute approximate surface area is 146 Å². The van der Waals surface area contributed by atoms with Crippen molar-refractivity contribution in [2.45, 2.75) is 32.7 Å². The zero-order valence-corrected chi connectivity index (χ0v) is 14.7. The minimum absolute atomic E-state index is 0.619. The number of hydrogen-bond donors (Lipinski definition) is 0. The Morgan fingerprint density at radius 3 is 2.52 bits per heavy atom. The molecule has 0 radical (unpaired) electrons. The van der Waals surface area contributed by atoms with Gasteiger partial charge in [-0.15, -0.1) is 0 Å². The molecule has 1 saturated heterocycles. The van der Waals surface area contributed by atoms with E-state index in [1.165, 1.54) is 19.3 Å². The minimum Gasteiger partial charge on any atom is -0.297 e. The Hall–Kier alpha value is -1.52. The summed E-state index contributed by atoms with van der Waals surface area (Å²) in [4.78, 5) is 0. The van der Waals surface area contributed by atoms with Crippen molar-refractivity contribution in [1.29, 1.82) is 0 Å². The topological polar surface area (TPSA) is 33.4 Å². The number of hydrogen-bond acceptors (Lipinski definition) is 3. The van der Waals surface area contributed by atoms with Gasteiger partial charge in [-0.25, -0.2) is 4.68 Å². The van der Waals surface area contributed by atoms with Crippen LogP contribution in [0.25, 0.3) is 0 Å². The van der Waals surface area contributed by atoms with Crippen molar-refractivity contribution >= 4 is 29.4 Å². The van der Waals surface area contributed by atoms with Crippen LogP contribution in [0.5, 0.6) is 0 Å². The van der Waals surface area contributed by atoms with Crippen LogP contribution in [0.2, 0.25) is 10.2 Å². The van der Waals surface area contributed by atoms with E-state index in [1.54, 1.807) is 4.68 Å². The largest absolute Gasteiger partial charge is 0.297 e. The molecule has 2 heterocycles. The van der Waals surface area contributed by atoms with Crippen molar-refractivity contribution in [1.82, 2.24) is 14.8 Å². The van der Waals surface area contributed by atoms with Gasteiger partial charge < -0.3 is 0 Å². The van der Waals surface area contributed by atoms with Gasteiger partial charge >= 0.3 is 0 Å². The SMILES string of the molecule is Cc1nn(Cc2ccc(Cl)cc2)c(Cl)c1C=NN1CCCCC1. The van der Waals surface area contributed by atoms with Crippen molar-refractivity contribution < 1.29 is 0 Å². The zero-order chi connectivity index (χ0) is 16.2. The van der Waals surface area contributed by atoms with Gasteiger partial charge in [0, 0.05) is 18.1 Å². The predicted molar refractivity (Wildman–Crippen MR) is 95.5 cm³/mol. The van der Waals surface area contributed by atoms with Crippen molar-refractivity contribution in [2.75, 3.05) is 13.1 Å². The van der Waals surface area contributed by atoms with Crippen molar-refractivity contribution in [3.05, 3.63) is 51.3 Å². The molecular weight excluding hydrogens is 331 g/mol. The second-order valence-electron chi connectivity index (χ2n) is 5.83. The molecule has 1 fully saturated rings. The molecular formula is C17H20Cl2N4. The van der Waals surface area contributed by atoms with Crippen LogP contribution in [-0.2, 0) is 6.54 Å². The van der Waals surface area contributed by atoms with E-state index in [0.717, 1.165) is 34.9 Å². The smallest absolute Gasteiger partial charge is 0.136 e. The number of nitrogens with zero attached hydrogens (tertiary/aromatic N) is 4. The summed E-state index contributed by atoms with van der Waals surface area (Å²) < 4.78 is 1.80. The summed E-state index contributed by atoms with van der Waals surface area (Å²) in [5, 5.41) is 12.6. The van der Waals surface area contributed by atoms with Gasteiger partial charge in [-0.05, 0) is 43.9 Å². The number of rotatable bonds is 4. The fourth-order valence-electron chi connectivity index (χ4n) is 2.71. The normalized spacial score (nSPS) is 15.5. The molecule has 0 unspecified atom stereocenters. The number of benzene rings is 1. The molecule has 0 bridgehead atoms. The fourth-order valence-corrected chi connectivity index (χ4v) is 3.12. The standard InChI is InChI=1S/C17H20Cl2N4/c1-13-16(11-20-22-9-3-2-4-10-22)17(19)23(21-13)12-14-5-7-15(18)8-6-14/h5-8,11H,2-4,9-10,12H2,1H3. The van der Waals surface area contributed by atoms with Gasteiger partial charge in [0.15, 0.2) is 0 Å². The number of aryl methyl sites for hydroxylation is 1. The highest BCUT2D eigenvalue weighted by Crippen LogP contribution is 2.20. The molecule has 0 amide bonds. The average molecular weight is 351 g/mol. The van der Waals surface area contributed by atoms with Gasteiger partial charge in [0.1, 0.15) is 5.15 Å². The Bertz CT molecular complexity index is 685. The van der Waals surface area contributed by atoms with Crippen LogP contribution in [0.15, 0.2) is 29.4 Å². The second kappa shape index (κ2) is 7.37. The Morgan fingerprint density at radius 2 is 1.83 bits per heavy atom. The Kier molecular flexibility index (Phi) is 5.23. The third kappa shape index (κ3) is 4.06. The molecule has 6 heteroatoms. The Morgan fingerprint density at radius 1 is 1.13 bits per heavy atom. The number of hydrazone groups is 1. The first kappa shape index (κ1) is 16.3. The quantitative estimate of drug-likeness (QED) is 0.767. The maximum atomic E-state index is 6.49. The highest BCUT2D eigenvalue weighted by Gasteiger charge is 2.13. The van der Waals surface area contributed by atoms with Crippen LogP contribution in [0.3, 0.4) is 0 Å².